The van der Waals surface area contributed by atoms with E-state index in [1.165, 1.54) is 75.7 Å². The van der Waals surface area contributed by atoms with Gasteiger partial charge in [0.05, 0.1) is 5.69 Å². The molecule has 0 saturated heterocycles. The number of nitrogens with zero attached hydrogens (tertiary/aromatic N) is 1. The minimum Gasteiger partial charge on any atom is -0.288 e. The van der Waals surface area contributed by atoms with Gasteiger partial charge < -0.3 is 0 Å². The lowest BCUT2D eigenvalue weighted by Crippen LogP contribution is -2.19. The van der Waals surface area contributed by atoms with Gasteiger partial charge in [0.1, 0.15) is 0 Å². The van der Waals surface area contributed by atoms with Crippen LogP contribution in [-0.2, 0) is 0 Å². The van der Waals surface area contributed by atoms with E-state index in [0.717, 1.165) is 18.7 Å². The summed E-state index contributed by atoms with van der Waals surface area (Å²) in [6, 6.07) is 9.78. The monoisotopic (exact) mass is 305 g/mol. The summed E-state index contributed by atoms with van der Waals surface area (Å²) in [4.78, 5) is 0. The van der Waals surface area contributed by atoms with E-state index < -0.39 is 0 Å². The van der Waals surface area contributed by atoms with Gasteiger partial charge in [-0.2, -0.15) is 0 Å². The summed E-state index contributed by atoms with van der Waals surface area (Å²) in [5.41, 5.74) is 0.894. The highest BCUT2D eigenvalue weighted by Gasteiger charge is 2.01. The van der Waals surface area contributed by atoms with Gasteiger partial charge in [-0.05, 0) is 18.6 Å². The zero-order valence-electron chi connectivity index (χ0n) is 14.5. The van der Waals surface area contributed by atoms with Crippen LogP contribution in [0.2, 0.25) is 0 Å². The van der Waals surface area contributed by atoms with Gasteiger partial charge in [0, 0.05) is 6.54 Å². The third kappa shape index (κ3) is 9.83. The fourth-order valence-corrected chi connectivity index (χ4v) is 2.83. The Morgan fingerprint density at radius 3 is 1.64 bits per heavy atom. The predicted molar refractivity (Wildman–Crippen MR) is 96.7 cm³/mol. The van der Waals surface area contributed by atoms with Crippen molar-refractivity contribution in [1.82, 2.24) is 0 Å². The lowest BCUT2D eigenvalue weighted by atomic mass is 10.1. The van der Waals surface area contributed by atoms with E-state index in [0.29, 0.717) is 0 Å². The molecule has 0 radical (unpaired) electrons. The van der Waals surface area contributed by atoms with E-state index in [1.807, 2.05) is 30.3 Å². The number of rotatable bonds is 14. The molecule has 0 aliphatic heterocycles. The molecule has 0 heterocycles. The first-order valence-electron chi connectivity index (χ1n) is 9.36. The van der Waals surface area contributed by atoms with E-state index >= 15 is 0 Å². The number of hydroxylamine groups is 1. The Hall–Kier alpha value is -1.02. The summed E-state index contributed by atoms with van der Waals surface area (Å²) in [5, 5.41) is 11.3. The minimum atomic E-state index is 0.738. The van der Waals surface area contributed by atoms with Gasteiger partial charge in [-0.3, -0.25) is 10.3 Å². The molecule has 0 fully saturated rings. The third-order valence-electron chi connectivity index (χ3n) is 4.28. The molecule has 0 aliphatic carbocycles. The minimum absolute atomic E-state index is 0.738. The maximum absolute atomic E-state index is 9.92. The highest BCUT2D eigenvalue weighted by atomic mass is 16.5. The zero-order chi connectivity index (χ0) is 15.9. The number of hydrogen-bond acceptors (Lipinski definition) is 2. The summed E-state index contributed by atoms with van der Waals surface area (Å²) >= 11 is 0. The average molecular weight is 306 g/mol. The van der Waals surface area contributed by atoms with Crippen molar-refractivity contribution in [3.63, 3.8) is 0 Å². The topological polar surface area (TPSA) is 23.5 Å². The first-order valence-corrected chi connectivity index (χ1v) is 9.36. The SMILES string of the molecule is CCCCCCCCCCCCCCN(O)c1ccccc1. The lowest BCUT2D eigenvalue weighted by molar-refractivity contribution is 0.251. The Kier molecular flexibility index (Phi) is 11.8. The van der Waals surface area contributed by atoms with Crippen molar-refractivity contribution in [3.05, 3.63) is 30.3 Å². The Morgan fingerprint density at radius 2 is 1.14 bits per heavy atom. The van der Waals surface area contributed by atoms with Crippen LogP contribution >= 0.6 is 0 Å². The summed E-state index contributed by atoms with van der Waals surface area (Å²) in [5.74, 6) is 0. The molecule has 0 aliphatic rings. The van der Waals surface area contributed by atoms with Crippen molar-refractivity contribution in [2.45, 2.75) is 84.0 Å². The fraction of sp³-hybridized carbons (Fsp3) is 0.700. The van der Waals surface area contributed by atoms with Gasteiger partial charge in [-0.15, -0.1) is 0 Å². The molecular weight excluding hydrogens is 270 g/mol. The van der Waals surface area contributed by atoms with E-state index in [2.05, 4.69) is 6.92 Å². The maximum atomic E-state index is 9.92. The molecule has 0 amide bonds. The van der Waals surface area contributed by atoms with Crippen LogP contribution in [0, 0.1) is 0 Å². The third-order valence-corrected chi connectivity index (χ3v) is 4.28. The molecule has 22 heavy (non-hydrogen) atoms. The molecule has 1 aromatic carbocycles. The van der Waals surface area contributed by atoms with Gasteiger partial charge in [-0.25, -0.2) is 0 Å². The molecule has 1 aromatic rings. The molecule has 1 rings (SSSR count). The average Bonchev–Trinajstić information content (AvgIpc) is 2.56. The zero-order valence-corrected chi connectivity index (χ0v) is 14.5. The maximum Gasteiger partial charge on any atom is 0.0634 e. The molecule has 1 N–H and O–H groups in total. The standard InChI is InChI=1S/C20H35NO/c1-2-3-4-5-6-7-8-9-10-11-12-16-19-21(22)20-17-14-13-15-18-20/h13-15,17-18,22H,2-12,16,19H2,1H3. The summed E-state index contributed by atoms with van der Waals surface area (Å²) < 4.78 is 0. The van der Waals surface area contributed by atoms with Crippen molar-refractivity contribution < 1.29 is 5.21 Å². The number of unbranched alkanes of at least 4 members (excludes halogenated alkanes) is 11. The van der Waals surface area contributed by atoms with Crippen LogP contribution in [0.25, 0.3) is 0 Å². The van der Waals surface area contributed by atoms with Crippen molar-refractivity contribution in [3.8, 4) is 0 Å². The van der Waals surface area contributed by atoms with Gasteiger partial charge in [0.2, 0.25) is 0 Å². The highest BCUT2D eigenvalue weighted by Crippen LogP contribution is 2.14. The van der Waals surface area contributed by atoms with Gasteiger partial charge in [-0.1, -0.05) is 95.8 Å². The molecule has 0 bridgehead atoms. The van der Waals surface area contributed by atoms with Crippen molar-refractivity contribution in [1.29, 1.82) is 0 Å². The molecule has 2 heteroatoms. The van der Waals surface area contributed by atoms with E-state index in [1.54, 1.807) is 0 Å². The smallest absolute Gasteiger partial charge is 0.0634 e. The lowest BCUT2D eigenvalue weighted by Gasteiger charge is -2.16. The Morgan fingerprint density at radius 1 is 0.682 bits per heavy atom. The van der Waals surface area contributed by atoms with E-state index in [9.17, 15) is 5.21 Å². The Balaban J connectivity index is 1.84. The Labute approximate surface area is 137 Å². The van der Waals surface area contributed by atoms with Crippen molar-refractivity contribution in [2.24, 2.45) is 0 Å². The molecule has 0 unspecified atom stereocenters. The number of anilines is 1. The summed E-state index contributed by atoms with van der Waals surface area (Å²) in [6.07, 6.45) is 16.2. The predicted octanol–water partition coefficient (Wildman–Crippen LogP) is 6.58. The number of para-hydroxylation sites is 1. The quantitative estimate of drug-likeness (QED) is 0.310. The van der Waals surface area contributed by atoms with Gasteiger partial charge >= 0.3 is 0 Å². The molecule has 0 saturated carbocycles. The van der Waals surface area contributed by atoms with E-state index in [-0.39, 0.29) is 0 Å². The first kappa shape index (κ1) is 19.0. The van der Waals surface area contributed by atoms with Crippen LogP contribution in [0.15, 0.2) is 30.3 Å². The van der Waals surface area contributed by atoms with Crippen LogP contribution in [0.3, 0.4) is 0 Å². The van der Waals surface area contributed by atoms with Crippen LogP contribution < -0.4 is 5.06 Å². The van der Waals surface area contributed by atoms with E-state index in [4.69, 9.17) is 0 Å². The molecule has 0 aromatic heterocycles. The van der Waals surface area contributed by atoms with Crippen molar-refractivity contribution >= 4 is 5.69 Å². The van der Waals surface area contributed by atoms with Crippen LogP contribution in [-0.4, -0.2) is 11.8 Å². The largest absolute Gasteiger partial charge is 0.288 e. The summed E-state index contributed by atoms with van der Waals surface area (Å²) in [7, 11) is 0. The molecule has 0 atom stereocenters. The number of hydrogen-bond donors (Lipinski definition) is 1. The second kappa shape index (κ2) is 13.6. The second-order valence-electron chi connectivity index (χ2n) is 6.35. The van der Waals surface area contributed by atoms with Gasteiger partial charge in [0.25, 0.3) is 0 Å². The highest BCUT2D eigenvalue weighted by molar-refractivity contribution is 5.42. The Bertz CT molecular complexity index is 339. The molecule has 126 valence electrons. The van der Waals surface area contributed by atoms with Crippen LogP contribution in [0.1, 0.15) is 84.0 Å². The number of benzene rings is 1. The normalized spacial score (nSPS) is 10.8. The molecular formula is C20H35NO. The summed E-state index contributed by atoms with van der Waals surface area (Å²) in [6.45, 7) is 3.01. The van der Waals surface area contributed by atoms with Gasteiger partial charge in [0.15, 0.2) is 0 Å². The first-order chi connectivity index (χ1) is 10.8. The van der Waals surface area contributed by atoms with Crippen LogP contribution in [0.4, 0.5) is 5.69 Å². The fourth-order valence-electron chi connectivity index (χ4n) is 2.83. The molecule has 0 spiro atoms. The van der Waals surface area contributed by atoms with Crippen LogP contribution in [0.5, 0.6) is 0 Å². The van der Waals surface area contributed by atoms with Crippen molar-refractivity contribution in [2.75, 3.05) is 11.6 Å². The second-order valence-corrected chi connectivity index (χ2v) is 6.35. The molecule has 2 nitrogen and oxygen atoms in total.